The van der Waals surface area contributed by atoms with Crippen molar-refractivity contribution in [3.8, 4) is 0 Å². The van der Waals surface area contributed by atoms with E-state index in [0.717, 1.165) is 5.69 Å². The molecule has 2 N–H and O–H groups in total. The number of nitrogens with zero attached hydrogens (tertiary/aromatic N) is 1. The molecule has 0 amide bonds. The van der Waals surface area contributed by atoms with Crippen LogP contribution in [0.4, 0.5) is 5.69 Å². The average Bonchev–Trinajstić information content (AvgIpc) is 2.35. The molecular weight excluding hydrogens is 236 g/mol. The highest BCUT2D eigenvalue weighted by atomic mass is 16.3. The topological polar surface area (TPSA) is 35.5 Å². The summed E-state index contributed by atoms with van der Waals surface area (Å²) >= 11 is 0. The van der Waals surface area contributed by atoms with Gasteiger partial charge in [-0.05, 0) is 43.9 Å². The molecule has 3 nitrogen and oxygen atoms in total. The van der Waals surface area contributed by atoms with E-state index in [0.29, 0.717) is 13.1 Å². The van der Waals surface area contributed by atoms with Crippen LogP contribution in [0.25, 0.3) is 10.8 Å². The Balaban J connectivity index is 2.05. The predicted octanol–water partition coefficient (Wildman–Crippen LogP) is 2.56. The molecule has 0 heterocycles. The summed E-state index contributed by atoms with van der Waals surface area (Å²) in [4.78, 5) is 1.99. The Labute approximate surface area is 114 Å². The minimum Gasteiger partial charge on any atom is -0.387 e. The Morgan fingerprint density at radius 3 is 2.47 bits per heavy atom. The fourth-order valence-electron chi connectivity index (χ4n) is 2.33. The zero-order valence-electron chi connectivity index (χ0n) is 11.9. The van der Waals surface area contributed by atoms with Crippen molar-refractivity contribution in [1.82, 2.24) is 4.90 Å². The fourth-order valence-corrected chi connectivity index (χ4v) is 2.33. The standard InChI is InChI=1S/C16H22N2O/c1-16(19,12-18(2)3)11-17-15-9-8-13-6-4-5-7-14(13)10-15/h4-10,17,19H,11-12H2,1-3H3. The van der Waals surface area contributed by atoms with Crippen LogP contribution in [0.1, 0.15) is 6.92 Å². The zero-order valence-corrected chi connectivity index (χ0v) is 11.9. The second-order valence-electron chi connectivity index (χ2n) is 5.65. The van der Waals surface area contributed by atoms with Crippen molar-refractivity contribution in [2.24, 2.45) is 0 Å². The highest BCUT2D eigenvalue weighted by Gasteiger charge is 2.20. The number of aliphatic hydroxyl groups is 1. The maximum atomic E-state index is 10.3. The molecule has 0 spiro atoms. The van der Waals surface area contributed by atoms with Crippen molar-refractivity contribution < 1.29 is 5.11 Å². The second kappa shape index (κ2) is 5.59. The average molecular weight is 258 g/mol. The monoisotopic (exact) mass is 258 g/mol. The van der Waals surface area contributed by atoms with Gasteiger partial charge in [-0.3, -0.25) is 0 Å². The normalized spacial score (nSPS) is 14.6. The first kappa shape index (κ1) is 13.8. The van der Waals surface area contributed by atoms with Crippen molar-refractivity contribution >= 4 is 16.5 Å². The molecule has 2 aromatic carbocycles. The summed E-state index contributed by atoms with van der Waals surface area (Å²) in [6.45, 7) is 3.01. The Morgan fingerprint density at radius 2 is 1.79 bits per heavy atom. The number of fused-ring (bicyclic) bond motifs is 1. The van der Waals surface area contributed by atoms with Gasteiger partial charge in [0, 0.05) is 18.8 Å². The van der Waals surface area contributed by atoms with Gasteiger partial charge in [0.05, 0.1) is 5.60 Å². The fraction of sp³-hybridized carbons (Fsp3) is 0.375. The lowest BCUT2D eigenvalue weighted by Crippen LogP contribution is -2.43. The van der Waals surface area contributed by atoms with E-state index < -0.39 is 5.60 Å². The van der Waals surface area contributed by atoms with E-state index in [1.54, 1.807) is 0 Å². The van der Waals surface area contributed by atoms with Gasteiger partial charge in [0.1, 0.15) is 0 Å². The zero-order chi connectivity index (χ0) is 13.9. The summed E-state index contributed by atoms with van der Waals surface area (Å²) in [5.74, 6) is 0. The molecule has 2 aromatic rings. The molecule has 0 bridgehead atoms. The first-order valence-corrected chi connectivity index (χ1v) is 6.56. The maximum absolute atomic E-state index is 10.3. The molecule has 0 saturated heterocycles. The third-order valence-electron chi connectivity index (χ3n) is 3.08. The lowest BCUT2D eigenvalue weighted by atomic mass is 10.1. The maximum Gasteiger partial charge on any atom is 0.0917 e. The molecule has 102 valence electrons. The molecule has 0 fully saturated rings. The van der Waals surface area contributed by atoms with Crippen molar-refractivity contribution in [3.05, 3.63) is 42.5 Å². The number of rotatable bonds is 5. The lowest BCUT2D eigenvalue weighted by Gasteiger charge is -2.27. The minimum atomic E-state index is -0.741. The first-order valence-electron chi connectivity index (χ1n) is 6.56. The van der Waals surface area contributed by atoms with Gasteiger partial charge in [-0.1, -0.05) is 30.3 Å². The van der Waals surface area contributed by atoms with E-state index >= 15 is 0 Å². The van der Waals surface area contributed by atoms with Crippen molar-refractivity contribution in [2.45, 2.75) is 12.5 Å². The van der Waals surface area contributed by atoms with Crippen LogP contribution in [0.15, 0.2) is 42.5 Å². The van der Waals surface area contributed by atoms with Crippen LogP contribution in [0, 0.1) is 0 Å². The van der Waals surface area contributed by atoms with Crippen molar-refractivity contribution in [1.29, 1.82) is 0 Å². The first-order chi connectivity index (χ1) is 8.96. The third-order valence-corrected chi connectivity index (χ3v) is 3.08. The molecule has 3 heteroatoms. The number of benzene rings is 2. The molecule has 0 aliphatic carbocycles. The summed E-state index contributed by atoms with van der Waals surface area (Å²) in [7, 11) is 3.93. The highest BCUT2D eigenvalue weighted by Crippen LogP contribution is 2.19. The molecule has 0 aliphatic heterocycles. The van der Waals surface area contributed by atoms with Crippen LogP contribution in [0.2, 0.25) is 0 Å². The Morgan fingerprint density at radius 1 is 1.11 bits per heavy atom. The van der Waals surface area contributed by atoms with E-state index in [-0.39, 0.29) is 0 Å². The van der Waals surface area contributed by atoms with Crippen molar-refractivity contribution in [2.75, 3.05) is 32.5 Å². The molecule has 1 unspecified atom stereocenters. The summed E-state index contributed by atoms with van der Waals surface area (Å²) in [5.41, 5.74) is 0.299. The molecule has 19 heavy (non-hydrogen) atoms. The van der Waals surface area contributed by atoms with E-state index in [1.165, 1.54) is 10.8 Å². The second-order valence-corrected chi connectivity index (χ2v) is 5.65. The highest BCUT2D eigenvalue weighted by molar-refractivity contribution is 5.85. The summed E-state index contributed by atoms with van der Waals surface area (Å²) in [6.07, 6.45) is 0. The van der Waals surface area contributed by atoms with Gasteiger partial charge in [-0.25, -0.2) is 0 Å². The number of nitrogens with one attached hydrogen (secondary N) is 1. The quantitative estimate of drug-likeness (QED) is 0.865. The lowest BCUT2D eigenvalue weighted by molar-refractivity contribution is 0.0460. The van der Waals surface area contributed by atoms with Crippen LogP contribution in [0.5, 0.6) is 0 Å². The third kappa shape index (κ3) is 3.94. The number of likely N-dealkylation sites (N-methyl/N-ethyl adjacent to an activating group) is 1. The van der Waals surface area contributed by atoms with Crippen LogP contribution < -0.4 is 5.32 Å². The van der Waals surface area contributed by atoms with Crippen LogP contribution in [0.3, 0.4) is 0 Å². The van der Waals surface area contributed by atoms with Crippen molar-refractivity contribution in [3.63, 3.8) is 0 Å². The van der Waals surface area contributed by atoms with E-state index in [4.69, 9.17) is 0 Å². The van der Waals surface area contributed by atoms with Gasteiger partial charge in [-0.2, -0.15) is 0 Å². The van der Waals surface area contributed by atoms with Gasteiger partial charge in [0.15, 0.2) is 0 Å². The Bertz CT molecular complexity index is 549. The molecular formula is C16H22N2O. The van der Waals surface area contributed by atoms with Crippen LogP contribution >= 0.6 is 0 Å². The SMILES string of the molecule is CN(C)CC(C)(O)CNc1ccc2ccccc2c1. The predicted molar refractivity (Wildman–Crippen MR) is 81.6 cm³/mol. The largest absolute Gasteiger partial charge is 0.387 e. The van der Waals surface area contributed by atoms with Crippen LogP contribution in [-0.4, -0.2) is 42.8 Å². The van der Waals surface area contributed by atoms with Gasteiger partial charge in [0.2, 0.25) is 0 Å². The number of anilines is 1. The molecule has 0 aliphatic rings. The van der Waals surface area contributed by atoms with E-state index in [1.807, 2.05) is 44.1 Å². The van der Waals surface area contributed by atoms with E-state index in [2.05, 4.69) is 29.6 Å². The van der Waals surface area contributed by atoms with Gasteiger partial charge >= 0.3 is 0 Å². The summed E-state index contributed by atoms with van der Waals surface area (Å²) < 4.78 is 0. The summed E-state index contributed by atoms with van der Waals surface area (Å²) in [5, 5.41) is 16.0. The Hall–Kier alpha value is -1.58. The van der Waals surface area contributed by atoms with Gasteiger partial charge in [-0.15, -0.1) is 0 Å². The Kier molecular flexibility index (Phi) is 4.08. The molecule has 0 saturated carbocycles. The van der Waals surface area contributed by atoms with Crippen LogP contribution in [-0.2, 0) is 0 Å². The molecule has 0 radical (unpaired) electrons. The molecule has 0 aromatic heterocycles. The van der Waals surface area contributed by atoms with Gasteiger partial charge < -0.3 is 15.3 Å². The number of hydrogen-bond acceptors (Lipinski definition) is 3. The molecule has 2 rings (SSSR count). The minimum absolute atomic E-state index is 0.531. The smallest absolute Gasteiger partial charge is 0.0917 e. The van der Waals surface area contributed by atoms with Gasteiger partial charge in [0.25, 0.3) is 0 Å². The summed E-state index contributed by atoms with van der Waals surface area (Å²) in [6, 6.07) is 14.5. The number of hydrogen-bond donors (Lipinski definition) is 2. The molecule has 1 atom stereocenters. The van der Waals surface area contributed by atoms with E-state index in [9.17, 15) is 5.11 Å².